The second-order valence-electron chi connectivity index (χ2n) is 3.65. The number of carbonyl (C=O) groups is 1. The molecule has 1 aliphatic heterocycles. The number of nitrogens with one attached hydrogen (secondary N) is 1. The predicted molar refractivity (Wildman–Crippen MR) is 66.3 cm³/mol. The van der Waals surface area contributed by atoms with Crippen LogP contribution in [0.4, 0.5) is 5.69 Å². The van der Waals surface area contributed by atoms with Crippen LogP contribution in [-0.2, 0) is 9.53 Å². The van der Waals surface area contributed by atoms with Crippen LogP contribution in [0.3, 0.4) is 0 Å². The first-order chi connectivity index (χ1) is 7.74. The molecule has 3 nitrogen and oxygen atoms in total. The van der Waals surface area contributed by atoms with Crippen molar-refractivity contribution in [1.82, 2.24) is 0 Å². The maximum atomic E-state index is 9.39. The number of rotatable bonds is 2. The molecule has 0 atom stereocenters. The van der Waals surface area contributed by atoms with Crippen LogP contribution in [0, 0.1) is 0 Å². The summed E-state index contributed by atoms with van der Waals surface area (Å²) in [6, 6.07) is 8.30. The topological polar surface area (TPSA) is 38.3 Å². The molecule has 0 fully saturated rings. The molecule has 16 heavy (non-hydrogen) atoms. The molecule has 0 unspecified atom stereocenters. The van der Waals surface area contributed by atoms with E-state index in [1.54, 1.807) is 13.8 Å². The summed E-state index contributed by atoms with van der Waals surface area (Å²) in [6.45, 7) is 5.00. The van der Waals surface area contributed by atoms with Gasteiger partial charge in [0.2, 0.25) is 0 Å². The molecule has 0 aliphatic carbocycles. The maximum Gasteiger partial charge on any atom is 0.293 e. The van der Waals surface area contributed by atoms with Gasteiger partial charge in [0.15, 0.2) is 0 Å². The van der Waals surface area contributed by atoms with Gasteiger partial charge in [-0.05, 0) is 25.5 Å². The van der Waals surface area contributed by atoms with Gasteiger partial charge < -0.3 is 10.1 Å². The molecule has 0 saturated heterocycles. The molecular weight excluding hydrogens is 202 g/mol. The summed E-state index contributed by atoms with van der Waals surface area (Å²) in [6.07, 6.45) is 4.30. The van der Waals surface area contributed by atoms with Crippen molar-refractivity contribution in [3.8, 4) is 0 Å². The highest BCUT2D eigenvalue weighted by Crippen LogP contribution is 2.18. The predicted octanol–water partition coefficient (Wildman–Crippen LogP) is 2.69. The zero-order valence-corrected chi connectivity index (χ0v) is 9.64. The van der Waals surface area contributed by atoms with E-state index < -0.39 is 0 Å². The maximum absolute atomic E-state index is 9.39. The van der Waals surface area contributed by atoms with Crippen LogP contribution in [0.2, 0.25) is 0 Å². The largest absolute Gasteiger partial charge is 0.465 e. The van der Waals surface area contributed by atoms with Gasteiger partial charge in [-0.3, -0.25) is 4.79 Å². The minimum atomic E-state index is 0.0301. The zero-order valence-electron chi connectivity index (χ0n) is 9.64. The number of fused-ring (bicyclic) bond motifs is 1. The van der Waals surface area contributed by atoms with Crippen LogP contribution < -0.4 is 5.32 Å². The Labute approximate surface area is 96.1 Å². The molecule has 1 aromatic carbocycles. The molecule has 0 amide bonds. The van der Waals surface area contributed by atoms with E-state index in [1.807, 2.05) is 6.07 Å². The lowest BCUT2D eigenvalue weighted by molar-refractivity contribution is -0.131. The van der Waals surface area contributed by atoms with Crippen molar-refractivity contribution in [2.24, 2.45) is 0 Å². The van der Waals surface area contributed by atoms with Gasteiger partial charge in [0.1, 0.15) is 0 Å². The normalized spacial score (nSPS) is 11.9. The van der Waals surface area contributed by atoms with Crippen LogP contribution >= 0.6 is 0 Å². The van der Waals surface area contributed by atoms with Crippen molar-refractivity contribution in [2.45, 2.75) is 20.0 Å². The van der Waals surface area contributed by atoms with Crippen LogP contribution in [0.15, 0.2) is 30.3 Å². The fourth-order valence-corrected chi connectivity index (χ4v) is 1.27. The molecule has 1 heterocycles. The molecule has 0 radical (unpaired) electrons. The van der Waals surface area contributed by atoms with Crippen molar-refractivity contribution in [1.29, 1.82) is 0 Å². The van der Waals surface area contributed by atoms with Gasteiger partial charge in [-0.15, -0.1) is 0 Å². The van der Waals surface area contributed by atoms with Gasteiger partial charge in [-0.2, -0.15) is 0 Å². The molecule has 0 aromatic heterocycles. The minimum Gasteiger partial charge on any atom is -0.465 e. The molecule has 3 heteroatoms. The molecular formula is C13H17NO2. The van der Waals surface area contributed by atoms with E-state index in [9.17, 15) is 4.79 Å². The van der Waals surface area contributed by atoms with E-state index in [0.29, 0.717) is 6.47 Å². The van der Waals surface area contributed by atoms with E-state index in [2.05, 4.69) is 40.4 Å². The third kappa shape index (κ3) is 4.17. The number of carbonyl (C=O) groups excluding carboxylic acids is 1. The number of hydrogen-bond acceptors (Lipinski definition) is 3. The van der Waals surface area contributed by atoms with Crippen molar-refractivity contribution >= 4 is 18.2 Å². The third-order valence-electron chi connectivity index (χ3n) is 2.00. The lowest BCUT2D eigenvalue weighted by atomic mass is 10.1. The number of hydrogen-bond donors (Lipinski definition) is 1. The summed E-state index contributed by atoms with van der Waals surface area (Å²) in [7, 11) is 0. The van der Waals surface area contributed by atoms with Gasteiger partial charge in [-0.1, -0.05) is 30.4 Å². The van der Waals surface area contributed by atoms with Gasteiger partial charge in [0, 0.05) is 12.2 Å². The second kappa shape index (κ2) is 6.67. The third-order valence-corrected chi connectivity index (χ3v) is 2.00. The van der Waals surface area contributed by atoms with E-state index in [0.717, 1.165) is 6.54 Å². The molecule has 86 valence electrons. The summed E-state index contributed by atoms with van der Waals surface area (Å²) < 4.78 is 4.36. The Balaban J connectivity index is 0.000000187. The number of para-hydroxylation sites is 1. The van der Waals surface area contributed by atoms with Crippen LogP contribution in [-0.4, -0.2) is 19.1 Å². The lowest BCUT2D eigenvalue weighted by Gasteiger charge is -2.11. The first-order valence-corrected chi connectivity index (χ1v) is 5.32. The average Bonchev–Trinajstić information content (AvgIpc) is 2.30. The number of ether oxygens (including phenoxy) is 1. The monoisotopic (exact) mass is 219 g/mol. The molecule has 2 rings (SSSR count). The Morgan fingerprint density at radius 1 is 1.38 bits per heavy atom. The SMILES string of the molecule is C1=Cc2ccccc2NC1.CC(C)OC=O. The fraction of sp³-hybridized carbons (Fsp3) is 0.308. The minimum absolute atomic E-state index is 0.0301. The Kier molecular flexibility index (Phi) is 5.12. The van der Waals surface area contributed by atoms with Crippen molar-refractivity contribution < 1.29 is 9.53 Å². The summed E-state index contributed by atoms with van der Waals surface area (Å²) in [5.41, 5.74) is 2.53. The summed E-state index contributed by atoms with van der Waals surface area (Å²) >= 11 is 0. The molecule has 1 aromatic rings. The quantitative estimate of drug-likeness (QED) is 0.777. The number of anilines is 1. The molecule has 0 spiro atoms. The highest BCUT2D eigenvalue weighted by atomic mass is 16.5. The van der Waals surface area contributed by atoms with Gasteiger partial charge in [-0.25, -0.2) is 0 Å². The Bertz CT molecular complexity index is 359. The van der Waals surface area contributed by atoms with E-state index in [1.165, 1.54) is 11.3 Å². The zero-order chi connectivity index (χ0) is 11.8. The van der Waals surface area contributed by atoms with Crippen molar-refractivity contribution in [2.75, 3.05) is 11.9 Å². The smallest absolute Gasteiger partial charge is 0.293 e. The molecule has 1 N–H and O–H groups in total. The first kappa shape index (κ1) is 12.3. The Hall–Kier alpha value is -1.77. The molecule has 0 saturated carbocycles. The number of benzene rings is 1. The van der Waals surface area contributed by atoms with Crippen LogP contribution in [0.25, 0.3) is 6.08 Å². The summed E-state index contributed by atoms with van der Waals surface area (Å²) in [5.74, 6) is 0. The van der Waals surface area contributed by atoms with E-state index in [-0.39, 0.29) is 6.10 Å². The van der Waals surface area contributed by atoms with Gasteiger partial charge in [0.25, 0.3) is 6.47 Å². The van der Waals surface area contributed by atoms with E-state index >= 15 is 0 Å². The second-order valence-corrected chi connectivity index (χ2v) is 3.65. The molecule has 1 aliphatic rings. The average molecular weight is 219 g/mol. The highest BCUT2D eigenvalue weighted by Gasteiger charge is 1.98. The van der Waals surface area contributed by atoms with Crippen LogP contribution in [0.1, 0.15) is 19.4 Å². The Morgan fingerprint density at radius 2 is 2.12 bits per heavy atom. The first-order valence-electron chi connectivity index (χ1n) is 5.32. The molecule has 0 bridgehead atoms. The van der Waals surface area contributed by atoms with Crippen LogP contribution in [0.5, 0.6) is 0 Å². The van der Waals surface area contributed by atoms with Gasteiger partial charge >= 0.3 is 0 Å². The lowest BCUT2D eigenvalue weighted by Crippen LogP contribution is -2.03. The Morgan fingerprint density at radius 3 is 2.69 bits per heavy atom. The summed E-state index contributed by atoms with van der Waals surface area (Å²) in [4.78, 5) is 9.39. The standard InChI is InChI=1S/C9H9N.C4H8O2/c1-2-6-9-8(4-1)5-3-7-10-9;1-4(2)6-3-5/h1-6,10H,7H2;3-4H,1-2H3. The van der Waals surface area contributed by atoms with E-state index in [4.69, 9.17) is 0 Å². The van der Waals surface area contributed by atoms with Crippen molar-refractivity contribution in [3.63, 3.8) is 0 Å². The van der Waals surface area contributed by atoms with Crippen molar-refractivity contribution in [3.05, 3.63) is 35.9 Å². The van der Waals surface area contributed by atoms with Gasteiger partial charge in [0.05, 0.1) is 6.10 Å². The highest BCUT2D eigenvalue weighted by molar-refractivity contribution is 5.69. The fourth-order valence-electron chi connectivity index (χ4n) is 1.27. The summed E-state index contributed by atoms with van der Waals surface area (Å²) in [5, 5.41) is 3.28.